The molecule has 2 rings (SSSR count). The van der Waals surface area contributed by atoms with Crippen molar-refractivity contribution in [1.29, 1.82) is 0 Å². The number of H-pyrrole nitrogens is 1. The maximum absolute atomic E-state index is 8.90. The van der Waals surface area contributed by atoms with Crippen molar-refractivity contribution in [2.24, 2.45) is 0 Å². The molecule has 0 fully saturated rings. The normalized spacial score (nSPS) is 10.6. The highest BCUT2D eigenvalue weighted by molar-refractivity contribution is 5.83. The first-order valence-electron chi connectivity index (χ1n) is 4.64. The first kappa shape index (κ1) is 9.03. The molecule has 2 N–H and O–H groups in total. The summed E-state index contributed by atoms with van der Waals surface area (Å²) < 4.78 is 0. The molecule has 2 nitrogen and oxygen atoms in total. The van der Waals surface area contributed by atoms with E-state index >= 15 is 0 Å². The first-order chi connectivity index (χ1) is 6.81. The van der Waals surface area contributed by atoms with E-state index < -0.39 is 0 Å². The third-order valence-electron chi connectivity index (χ3n) is 2.34. The molecule has 72 valence electrons. The van der Waals surface area contributed by atoms with E-state index in [1.54, 1.807) is 0 Å². The molecule has 0 bridgehead atoms. The van der Waals surface area contributed by atoms with Crippen LogP contribution in [0.2, 0.25) is 0 Å². The molecule has 0 saturated heterocycles. The van der Waals surface area contributed by atoms with Gasteiger partial charge >= 0.3 is 0 Å². The lowest BCUT2D eigenvalue weighted by Gasteiger charge is -1.99. The van der Waals surface area contributed by atoms with Gasteiger partial charge in [-0.25, -0.2) is 0 Å². The fourth-order valence-electron chi connectivity index (χ4n) is 1.60. The van der Waals surface area contributed by atoms with E-state index in [0.717, 1.165) is 17.5 Å². The molecule has 0 aliphatic carbocycles. The van der Waals surface area contributed by atoms with Gasteiger partial charge in [-0.1, -0.05) is 24.8 Å². The number of hydrogen-bond donors (Lipinski definition) is 2. The van der Waals surface area contributed by atoms with Crippen molar-refractivity contribution in [3.05, 3.63) is 48.2 Å². The monoisotopic (exact) mass is 187 g/mol. The Hall–Kier alpha value is -1.54. The van der Waals surface area contributed by atoms with Crippen molar-refractivity contribution in [2.45, 2.75) is 6.42 Å². The Balaban J connectivity index is 2.38. The van der Waals surface area contributed by atoms with Crippen LogP contribution in [0.5, 0.6) is 0 Å². The molecule has 0 radical (unpaired) electrons. The molecular formula is C12H13NO. The summed E-state index contributed by atoms with van der Waals surface area (Å²) in [6, 6.07) is 8.14. The average molecular weight is 187 g/mol. The minimum atomic E-state index is 0.0551. The fourth-order valence-corrected chi connectivity index (χ4v) is 1.60. The lowest BCUT2D eigenvalue weighted by Crippen LogP contribution is -1.92. The maximum atomic E-state index is 8.90. The highest BCUT2D eigenvalue weighted by atomic mass is 16.3. The molecule has 1 heterocycles. The summed E-state index contributed by atoms with van der Waals surface area (Å²) in [5.74, 6) is 0. The van der Waals surface area contributed by atoms with Gasteiger partial charge in [-0.2, -0.15) is 0 Å². The summed E-state index contributed by atoms with van der Waals surface area (Å²) in [7, 11) is 0. The number of hydrogen-bond acceptors (Lipinski definition) is 1. The molecule has 0 aliphatic heterocycles. The van der Waals surface area contributed by atoms with E-state index in [1.165, 1.54) is 10.9 Å². The van der Waals surface area contributed by atoms with Crippen molar-refractivity contribution >= 4 is 10.9 Å². The van der Waals surface area contributed by atoms with Crippen LogP contribution in [-0.2, 0) is 6.42 Å². The number of aliphatic hydroxyl groups is 1. The number of fused-ring (bicyclic) bond motifs is 1. The van der Waals surface area contributed by atoms with Crippen molar-refractivity contribution < 1.29 is 5.11 Å². The quantitative estimate of drug-likeness (QED) is 0.710. The minimum absolute atomic E-state index is 0.0551. The summed E-state index contributed by atoms with van der Waals surface area (Å²) in [6.45, 7) is 3.85. The van der Waals surface area contributed by atoms with Gasteiger partial charge in [0.2, 0.25) is 0 Å². The van der Waals surface area contributed by atoms with E-state index in [2.05, 4.69) is 17.6 Å². The number of aromatic amines is 1. The van der Waals surface area contributed by atoms with Crippen LogP contribution >= 0.6 is 0 Å². The maximum Gasteiger partial charge on any atom is 0.0642 e. The van der Waals surface area contributed by atoms with Gasteiger partial charge in [0, 0.05) is 17.1 Å². The number of para-hydroxylation sites is 1. The predicted molar refractivity (Wildman–Crippen MR) is 58.2 cm³/mol. The van der Waals surface area contributed by atoms with Crippen molar-refractivity contribution in [2.75, 3.05) is 6.61 Å². The number of aliphatic hydroxyl groups excluding tert-OH is 1. The van der Waals surface area contributed by atoms with Gasteiger partial charge in [0.05, 0.1) is 6.61 Å². The Morgan fingerprint density at radius 1 is 1.36 bits per heavy atom. The van der Waals surface area contributed by atoms with Crippen molar-refractivity contribution in [3.8, 4) is 0 Å². The highest BCUT2D eigenvalue weighted by Crippen LogP contribution is 2.19. The molecule has 0 unspecified atom stereocenters. The third-order valence-corrected chi connectivity index (χ3v) is 2.34. The lowest BCUT2D eigenvalue weighted by atomic mass is 10.1. The van der Waals surface area contributed by atoms with E-state index in [-0.39, 0.29) is 6.61 Å². The lowest BCUT2D eigenvalue weighted by molar-refractivity contribution is 0.329. The van der Waals surface area contributed by atoms with Gasteiger partial charge in [-0.3, -0.25) is 0 Å². The van der Waals surface area contributed by atoms with Gasteiger partial charge in [-0.05, 0) is 23.6 Å². The molecule has 2 aromatic rings. The second-order valence-electron chi connectivity index (χ2n) is 3.44. The fraction of sp³-hybridized carbons (Fsp3) is 0.167. The third kappa shape index (κ3) is 1.56. The summed E-state index contributed by atoms with van der Waals surface area (Å²) in [5, 5.41) is 10.1. The Kier molecular flexibility index (Phi) is 2.37. The van der Waals surface area contributed by atoms with Gasteiger partial charge in [0.15, 0.2) is 0 Å². The molecule has 2 heteroatoms. The Morgan fingerprint density at radius 3 is 2.93 bits per heavy atom. The average Bonchev–Trinajstić information content (AvgIpc) is 2.62. The molecule has 0 aliphatic rings. The topological polar surface area (TPSA) is 36.0 Å². The van der Waals surface area contributed by atoms with Gasteiger partial charge in [-0.15, -0.1) is 0 Å². The van der Waals surface area contributed by atoms with Crippen molar-refractivity contribution in [1.82, 2.24) is 4.98 Å². The molecule has 1 aromatic heterocycles. The second kappa shape index (κ2) is 3.68. The number of rotatable bonds is 3. The first-order valence-corrected chi connectivity index (χ1v) is 4.64. The van der Waals surface area contributed by atoms with Crippen LogP contribution in [0.1, 0.15) is 5.56 Å². The van der Waals surface area contributed by atoms with Crippen LogP contribution in [-0.4, -0.2) is 16.7 Å². The van der Waals surface area contributed by atoms with E-state index in [1.807, 2.05) is 24.4 Å². The standard InChI is InChI=1S/C12H13NO/c1-9(8-14)6-10-7-13-12-5-3-2-4-11(10)12/h2-5,7,13-14H,1,6,8H2. The number of nitrogens with one attached hydrogen (secondary N) is 1. The Morgan fingerprint density at radius 2 is 2.14 bits per heavy atom. The molecule has 14 heavy (non-hydrogen) atoms. The van der Waals surface area contributed by atoms with Crippen LogP contribution in [0.3, 0.4) is 0 Å². The smallest absolute Gasteiger partial charge is 0.0642 e. The highest BCUT2D eigenvalue weighted by Gasteiger charge is 2.03. The molecule has 1 aromatic carbocycles. The molecule has 0 saturated carbocycles. The van der Waals surface area contributed by atoms with Crippen molar-refractivity contribution in [3.63, 3.8) is 0 Å². The minimum Gasteiger partial charge on any atom is -0.392 e. The zero-order valence-corrected chi connectivity index (χ0v) is 7.96. The zero-order valence-electron chi connectivity index (χ0n) is 7.96. The van der Waals surface area contributed by atoms with Gasteiger partial charge < -0.3 is 10.1 Å². The molecule has 0 spiro atoms. The van der Waals surface area contributed by atoms with Crippen LogP contribution in [0, 0.1) is 0 Å². The number of aromatic nitrogens is 1. The van der Waals surface area contributed by atoms with Gasteiger partial charge in [0.1, 0.15) is 0 Å². The van der Waals surface area contributed by atoms with E-state index in [4.69, 9.17) is 5.11 Å². The number of benzene rings is 1. The Bertz CT molecular complexity index is 456. The zero-order chi connectivity index (χ0) is 9.97. The molecule has 0 amide bonds. The second-order valence-corrected chi connectivity index (χ2v) is 3.44. The van der Waals surface area contributed by atoms with E-state index in [9.17, 15) is 0 Å². The summed E-state index contributed by atoms with van der Waals surface area (Å²) >= 11 is 0. The predicted octanol–water partition coefficient (Wildman–Crippen LogP) is 2.26. The van der Waals surface area contributed by atoms with E-state index in [0.29, 0.717) is 0 Å². The van der Waals surface area contributed by atoms with Crippen LogP contribution in [0.4, 0.5) is 0 Å². The largest absolute Gasteiger partial charge is 0.392 e. The van der Waals surface area contributed by atoms with Crippen LogP contribution in [0.25, 0.3) is 10.9 Å². The molecule has 0 atom stereocenters. The summed E-state index contributed by atoms with van der Waals surface area (Å²) in [5.41, 5.74) is 3.17. The SMILES string of the molecule is C=C(CO)Cc1c[nH]c2ccccc12. The van der Waals surface area contributed by atoms with Crippen LogP contribution < -0.4 is 0 Å². The Labute approximate surface area is 82.9 Å². The van der Waals surface area contributed by atoms with Crippen LogP contribution in [0.15, 0.2) is 42.6 Å². The summed E-state index contributed by atoms with van der Waals surface area (Å²) in [4.78, 5) is 3.19. The summed E-state index contributed by atoms with van der Waals surface area (Å²) in [6.07, 6.45) is 2.71. The van der Waals surface area contributed by atoms with Gasteiger partial charge in [0.25, 0.3) is 0 Å². The molecular weight excluding hydrogens is 174 g/mol.